The second kappa shape index (κ2) is 5.50. The quantitative estimate of drug-likeness (QED) is 0.589. The molecule has 1 aromatic rings. The molecule has 100 valence electrons. The van der Waals surface area contributed by atoms with E-state index in [2.05, 4.69) is 15.7 Å². The standard InChI is InChI=1S/C10H16N4O4/c1-5-7(4-14(3)13-5)11-10(18)12-8(6(2)15)9(16)17/h4,6,8,15H,1-3H3,(H,16,17)(H2,11,12,18)/t6-,8+/m1/s1. The van der Waals surface area contributed by atoms with E-state index in [0.717, 1.165) is 0 Å². The molecule has 8 nitrogen and oxygen atoms in total. The second-order valence-corrected chi connectivity index (χ2v) is 3.96. The van der Waals surface area contributed by atoms with E-state index in [4.69, 9.17) is 5.11 Å². The summed E-state index contributed by atoms with van der Waals surface area (Å²) >= 11 is 0. The molecule has 0 saturated carbocycles. The number of hydrogen-bond donors (Lipinski definition) is 4. The van der Waals surface area contributed by atoms with Gasteiger partial charge in [-0.2, -0.15) is 5.10 Å². The molecule has 0 spiro atoms. The van der Waals surface area contributed by atoms with Crippen molar-refractivity contribution in [3.63, 3.8) is 0 Å². The lowest BCUT2D eigenvalue weighted by molar-refractivity contribution is -0.141. The van der Waals surface area contributed by atoms with Crippen LogP contribution in [-0.2, 0) is 11.8 Å². The van der Waals surface area contributed by atoms with E-state index in [-0.39, 0.29) is 0 Å². The Morgan fingerprint density at radius 2 is 2.11 bits per heavy atom. The van der Waals surface area contributed by atoms with Crippen molar-refractivity contribution < 1.29 is 19.8 Å². The summed E-state index contributed by atoms with van der Waals surface area (Å²) < 4.78 is 1.52. The molecule has 8 heteroatoms. The van der Waals surface area contributed by atoms with Crippen molar-refractivity contribution in [1.29, 1.82) is 0 Å². The van der Waals surface area contributed by atoms with Crippen molar-refractivity contribution in [2.24, 2.45) is 7.05 Å². The van der Waals surface area contributed by atoms with Crippen molar-refractivity contribution in [3.8, 4) is 0 Å². The molecule has 0 aliphatic rings. The molecular weight excluding hydrogens is 240 g/mol. The molecule has 1 aromatic heterocycles. The van der Waals surface area contributed by atoms with Gasteiger partial charge in [-0.15, -0.1) is 0 Å². The van der Waals surface area contributed by atoms with Crippen molar-refractivity contribution in [2.75, 3.05) is 5.32 Å². The van der Waals surface area contributed by atoms with Crippen LogP contribution in [0.1, 0.15) is 12.6 Å². The smallest absolute Gasteiger partial charge is 0.328 e. The SMILES string of the molecule is Cc1nn(C)cc1NC(=O)N[C@H](C(=O)O)[C@@H](C)O. The van der Waals surface area contributed by atoms with Gasteiger partial charge >= 0.3 is 12.0 Å². The number of aliphatic hydroxyl groups excluding tert-OH is 1. The van der Waals surface area contributed by atoms with Gasteiger partial charge in [0, 0.05) is 13.2 Å². The molecular formula is C10H16N4O4. The lowest BCUT2D eigenvalue weighted by Gasteiger charge is -2.17. The average Bonchev–Trinajstić information content (AvgIpc) is 2.53. The molecule has 0 fully saturated rings. The molecule has 18 heavy (non-hydrogen) atoms. The summed E-state index contributed by atoms with van der Waals surface area (Å²) in [6.07, 6.45) is 0.399. The fourth-order valence-corrected chi connectivity index (χ4v) is 1.41. The maximum Gasteiger partial charge on any atom is 0.328 e. The number of rotatable bonds is 4. The van der Waals surface area contributed by atoms with E-state index in [1.54, 1.807) is 20.2 Å². The van der Waals surface area contributed by atoms with Crippen LogP contribution >= 0.6 is 0 Å². The largest absolute Gasteiger partial charge is 0.480 e. The fourth-order valence-electron chi connectivity index (χ4n) is 1.41. The Bertz CT molecular complexity index is 455. The summed E-state index contributed by atoms with van der Waals surface area (Å²) in [6.45, 7) is 2.99. The highest BCUT2D eigenvalue weighted by Gasteiger charge is 2.25. The summed E-state index contributed by atoms with van der Waals surface area (Å²) in [7, 11) is 1.70. The highest BCUT2D eigenvalue weighted by atomic mass is 16.4. The number of carboxylic acids is 1. The molecule has 2 atom stereocenters. The van der Waals surface area contributed by atoms with Gasteiger partial charge in [0.25, 0.3) is 0 Å². The number of amides is 2. The normalized spacial score (nSPS) is 13.8. The lowest BCUT2D eigenvalue weighted by Crippen LogP contribution is -2.49. The zero-order valence-electron chi connectivity index (χ0n) is 10.3. The molecule has 2 amide bonds. The highest BCUT2D eigenvalue weighted by molar-refractivity contribution is 5.92. The van der Waals surface area contributed by atoms with Gasteiger partial charge < -0.3 is 20.8 Å². The Morgan fingerprint density at radius 3 is 2.50 bits per heavy atom. The molecule has 4 N–H and O–H groups in total. The van der Waals surface area contributed by atoms with Gasteiger partial charge in [0.15, 0.2) is 6.04 Å². The Kier molecular flexibility index (Phi) is 4.27. The van der Waals surface area contributed by atoms with Crippen LogP contribution in [-0.4, -0.2) is 44.1 Å². The molecule has 1 heterocycles. The molecule has 0 unspecified atom stereocenters. The van der Waals surface area contributed by atoms with Crippen LogP contribution in [0.3, 0.4) is 0 Å². The molecule has 0 bridgehead atoms. The number of aliphatic carboxylic acids is 1. The van der Waals surface area contributed by atoms with E-state index >= 15 is 0 Å². The molecule has 0 aliphatic carbocycles. The minimum Gasteiger partial charge on any atom is -0.480 e. The Hall–Kier alpha value is -2.09. The Labute approximate surface area is 104 Å². The van der Waals surface area contributed by atoms with Gasteiger partial charge in [0.2, 0.25) is 0 Å². The first-order valence-electron chi connectivity index (χ1n) is 5.30. The van der Waals surface area contributed by atoms with E-state index in [9.17, 15) is 14.7 Å². The van der Waals surface area contributed by atoms with Crippen molar-refractivity contribution >= 4 is 17.7 Å². The minimum absolute atomic E-state index is 0.477. The van der Waals surface area contributed by atoms with Crippen LogP contribution in [0.4, 0.5) is 10.5 Å². The predicted octanol–water partition coefficient (Wildman–Crippen LogP) is -0.316. The third-order valence-corrected chi connectivity index (χ3v) is 2.30. The predicted molar refractivity (Wildman–Crippen MR) is 63.2 cm³/mol. The van der Waals surface area contributed by atoms with E-state index in [0.29, 0.717) is 11.4 Å². The first-order valence-corrected chi connectivity index (χ1v) is 5.30. The number of carbonyl (C=O) groups excluding carboxylic acids is 1. The summed E-state index contributed by atoms with van der Waals surface area (Å²) in [5.74, 6) is -1.30. The lowest BCUT2D eigenvalue weighted by atomic mass is 10.2. The number of aryl methyl sites for hydroxylation is 2. The maximum atomic E-state index is 11.6. The minimum atomic E-state index is -1.36. The fraction of sp³-hybridized carbons (Fsp3) is 0.500. The van der Waals surface area contributed by atoms with Crippen LogP contribution in [0.2, 0.25) is 0 Å². The van der Waals surface area contributed by atoms with Crippen LogP contribution in [0, 0.1) is 6.92 Å². The van der Waals surface area contributed by atoms with Gasteiger partial charge in [0.1, 0.15) is 0 Å². The van der Waals surface area contributed by atoms with Gasteiger partial charge in [0.05, 0.1) is 17.5 Å². The van der Waals surface area contributed by atoms with Gasteiger partial charge in [-0.25, -0.2) is 9.59 Å². The van der Waals surface area contributed by atoms with E-state index in [1.165, 1.54) is 11.6 Å². The van der Waals surface area contributed by atoms with Gasteiger partial charge in [-0.3, -0.25) is 4.68 Å². The van der Waals surface area contributed by atoms with Crippen molar-refractivity contribution in [2.45, 2.75) is 26.0 Å². The summed E-state index contributed by atoms with van der Waals surface area (Å²) in [5.41, 5.74) is 1.08. The van der Waals surface area contributed by atoms with Crippen LogP contribution in [0.5, 0.6) is 0 Å². The first kappa shape index (κ1) is 14.0. The van der Waals surface area contributed by atoms with E-state index < -0.39 is 24.1 Å². The number of nitrogens with one attached hydrogen (secondary N) is 2. The second-order valence-electron chi connectivity index (χ2n) is 3.96. The zero-order valence-corrected chi connectivity index (χ0v) is 10.3. The van der Waals surface area contributed by atoms with Gasteiger partial charge in [-0.05, 0) is 13.8 Å². The number of urea groups is 1. The zero-order chi connectivity index (χ0) is 13.9. The van der Waals surface area contributed by atoms with Crippen molar-refractivity contribution in [3.05, 3.63) is 11.9 Å². The number of aromatic nitrogens is 2. The average molecular weight is 256 g/mol. The Morgan fingerprint density at radius 1 is 1.50 bits per heavy atom. The van der Waals surface area contributed by atoms with E-state index in [1.807, 2.05) is 0 Å². The molecule has 0 aliphatic heterocycles. The van der Waals surface area contributed by atoms with Crippen LogP contribution < -0.4 is 10.6 Å². The van der Waals surface area contributed by atoms with Gasteiger partial charge in [-0.1, -0.05) is 0 Å². The molecule has 1 rings (SSSR count). The summed E-state index contributed by atoms with van der Waals surface area (Å²) in [5, 5.41) is 26.7. The number of aliphatic hydroxyl groups is 1. The third kappa shape index (κ3) is 3.45. The van der Waals surface area contributed by atoms with Crippen LogP contribution in [0.25, 0.3) is 0 Å². The monoisotopic (exact) mass is 256 g/mol. The Balaban J connectivity index is 2.66. The van der Waals surface area contributed by atoms with Crippen LogP contribution in [0.15, 0.2) is 6.20 Å². The molecule has 0 radical (unpaired) electrons. The number of carbonyl (C=O) groups is 2. The maximum absolute atomic E-state index is 11.6. The number of carboxylic acid groups (broad SMARTS) is 1. The molecule has 0 aromatic carbocycles. The number of anilines is 1. The number of nitrogens with zero attached hydrogens (tertiary/aromatic N) is 2. The topological polar surface area (TPSA) is 116 Å². The molecule has 0 saturated heterocycles. The van der Waals surface area contributed by atoms with Crippen molar-refractivity contribution in [1.82, 2.24) is 15.1 Å². The third-order valence-electron chi connectivity index (χ3n) is 2.30. The first-order chi connectivity index (χ1) is 8.31. The number of hydrogen-bond acceptors (Lipinski definition) is 4. The highest BCUT2D eigenvalue weighted by Crippen LogP contribution is 2.10. The summed E-state index contributed by atoms with van der Waals surface area (Å²) in [4.78, 5) is 22.3. The summed E-state index contributed by atoms with van der Waals surface area (Å²) in [6, 6.07) is -2.07.